The molecule has 0 bridgehead atoms. The molecule has 1 saturated carbocycles. The first kappa shape index (κ1) is 16.3. The number of rotatable bonds is 5. The molecule has 2 aliphatic rings. The summed E-state index contributed by atoms with van der Waals surface area (Å²) in [4.78, 5) is 10.5. The molecule has 2 atom stereocenters. The largest absolute Gasteiger partial charge is 0.488 e. The lowest BCUT2D eigenvalue weighted by Crippen LogP contribution is -2.25. The van der Waals surface area contributed by atoms with Crippen molar-refractivity contribution in [2.45, 2.75) is 45.3 Å². The average Bonchev–Trinajstić information content (AvgIpc) is 3.06. The van der Waals surface area contributed by atoms with Gasteiger partial charge in [0.1, 0.15) is 22.4 Å². The van der Waals surface area contributed by atoms with E-state index in [-0.39, 0.29) is 6.10 Å². The molecule has 0 radical (unpaired) electrons. The maximum atomic E-state index is 6.53. The van der Waals surface area contributed by atoms with Gasteiger partial charge in [0, 0.05) is 35.1 Å². The van der Waals surface area contributed by atoms with Gasteiger partial charge >= 0.3 is 0 Å². The molecule has 6 heteroatoms. The molecule has 1 aromatic carbocycles. The molecule has 136 valence electrons. The number of nitrogens with zero attached hydrogens (tertiary/aromatic N) is 3. The SMILES string of the molecule is Cc1cnc(-c2cc(O[C@H](C)[C@@H]3CCNC3)c3c(c2)ncn3C2CC2)s1. The highest BCUT2D eigenvalue weighted by atomic mass is 32.1. The van der Waals surface area contributed by atoms with Crippen molar-refractivity contribution in [1.82, 2.24) is 19.9 Å². The Labute approximate surface area is 157 Å². The van der Waals surface area contributed by atoms with E-state index in [1.807, 2.05) is 12.5 Å². The molecule has 0 unspecified atom stereocenters. The average molecular weight is 369 g/mol. The highest BCUT2D eigenvalue weighted by Gasteiger charge is 2.28. The third-order valence-electron chi connectivity index (χ3n) is 5.52. The summed E-state index contributed by atoms with van der Waals surface area (Å²) in [5, 5.41) is 4.48. The predicted molar refractivity (Wildman–Crippen MR) is 105 cm³/mol. The standard InChI is InChI=1S/C20H24N4OS/c1-12-9-22-20(26-12)15-7-17-19(24(11-23-17)16-3-4-16)18(8-15)25-13(2)14-5-6-21-10-14/h7-9,11,13-14,16,21H,3-6,10H2,1-2H3/t13-,14-/m1/s1. The van der Waals surface area contributed by atoms with Crippen LogP contribution in [0, 0.1) is 12.8 Å². The molecule has 0 spiro atoms. The maximum absolute atomic E-state index is 6.53. The van der Waals surface area contributed by atoms with Gasteiger partial charge in [-0.1, -0.05) is 0 Å². The van der Waals surface area contributed by atoms with Gasteiger partial charge in [-0.2, -0.15) is 0 Å². The molecule has 5 rings (SSSR count). The van der Waals surface area contributed by atoms with Crippen molar-refractivity contribution >= 4 is 22.4 Å². The fraction of sp³-hybridized carbons (Fsp3) is 0.500. The fourth-order valence-corrected chi connectivity index (χ4v) is 4.59. The summed E-state index contributed by atoms with van der Waals surface area (Å²) in [5.74, 6) is 1.52. The molecule has 1 saturated heterocycles. The van der Waals surface area contributed by atoms with Crippen LogP contribution in [0.2, 0.25) is 0 Å². The Hall–Kier alpha value is -1.92. The van der Waals surface area contributed by atoms with E-state index in [1.165, 1.54) is 24.1 Å². The summed E-state index contributed by atoms with van der Waals surface area (Å²) < 4.78 is 8.84. The molecule has 5 nitrogen and oxygen atoms in total. The molecule has 1 N–H and O–H groups in total. The maximum Gasteiger partial charge on any atom is 0.146 e. The summed E-state index contributed by atoms with van der Waals surface area (Å²) in [6, 6.07) is 4.90. The number of thiazole rings is 1. The van der Waals surface area contributed by atoms with Crippen LogP contribution in [0.25, 0.3) is 21.6 Å². The van der Waals surface area contributed by atoms with Crippen molar-refractivity contribution in [2.75, 3.05) is 13.1 Å². The lowest BCUT2D eigenvalue weighted by Gasteiger charge is -2.21. The number of fused-ring (bicyclic) bond motifs is 1. The van der Waals surface area contributed by atoms with Gasteiger partial charge in [-0.25, -0.2) is 9.97 Å². The molecule has 1 aliphatic carbocycles. The zero-order chi connectivity index (χ0) is 17.7. The van der Waals surface area contributed by atoms with Gasteiger partial charge in [0.25, 0.3) is 0 Å². The summed E-state index contributed by atoms with van der Waals surface area (Å²) in [5.41, 5.74) is 3.25. The monoisotopic (exact) mass is 368 g/mol. The summed E-state index contributed by atoms with van der Waals surface area (Å²) in [6.07, 6.45) is 7.75. The first-order valence-electron chi connectivity index (χ1n) is 9.50. The Bertz CT molecular complexity index is 937. The molecule has 0 amide bonds. The van der Waals surface area contributed by atoms with Crippen LogP contribution >= 0.6 is 11.3 Å². The number of ether oxygens (including phenoxy) is 1. The Morgan fingerprint density at radius 3 is 2.85 bits per heavy atom. The number of nitrogens with one attached hydrogen (secondary N) is 1. The van der Waals surface area contributed by atoms with Gasteiger partial charge in [-0.15, -0.1) is 11.3 Å². The van der Waals surface area contributed by atoms with Crippen LogP contribution < -0.4 is 10.1 Å². The molecular formula is C20H24N4OS. The van der Waals surface area contributed by atoms with Crippen molar-refractivity contribution in [3.63, 3.8) is 0 Å². The van der Waals surface area contributed by atoms with E-state index in [2.05, 4.69) is 45.8 Å². The van der Waals surface area contributed by atoms with Crippen LogP contribution in [0.5, 0.6) is 5.75 Å². The van der Waals surface area contributed by atoms with Gasteiger partial charge in [0.05, 0.1) is 11.8 Å². The number of hydrogen-bond acceptors (Lipinski definition) is 5. The van der Waals surface area contributed by atoms with Crippen molar-refractivity contribution in [1.29, 1.82) is 0 Å². The number of hydrogen-bond donors (Lipinski definition) is 1. The number of aryl methyl sites for hydroxylation is 1. The Balaban J connectivity index is 1.58. The molecule has 3 aromatic rings. The molecule has 2 aromatic heterocycles. The van der Waals surface area contributed by atoms with Gasteiger partial charge in [-0.3, -0.25) is 0 Å². The van der Waals surface area contributed by atoms with Gasteiger partial charge in [0.2, 0.25) is 0 Å². The van der Waals surface area contributed by atoms with Crippen molar-refractivity contribution in [2.24, 2.45) is 5.92 Å². The van der Waals surface area contributed by atoms with E-state index in [0.717, 1.165) is 40.4 Å². The zero-order valence-corrected chi connectivity index (χ0v) is 16.1. The van der Waals surface area contributed by atoms with Crippen LogP contribution in [-0.2, 0) is 0 Å². The van der Waals surface area contributed by atoms with Crippen LogP contribution in [0.4, 0.5) is 0 Å². The van der Waals surface area contributed by atoms with Crippen LogP contribution in [0.1, 0.15) is 37.1 Å². The van der Waals surface area contributed by atoms with Crippen LogP contribution in [-0.4, -0.2) is 33.7 Å². The molecule has 1 aliphatic heterocycles. The van der Waals surface area contributed by atoms with Crippen molar-refractivity contribution < 1.29 is 4.74 Å². The first-order valence-corrected chi connectivity index (χ1v) is 10.3. The molecule has 3 heterocycles. The smallest absolute Gasteiger partial charge is 0.146 e. The van der Waals surface area contributed by atoms with E-state index >= 15 is 0 Å². The lowest BCUT2D eigenvalue weighted by atomic mass is 10.0. The lowest BCUT2D eigenvalue weighted by molar-refractivity contribution is 0.163. The van der Waals surface area contributed by atoms with E-state index in [4.69, 9.17) is 4.74 Å². The molecular weight excluding hydrogens is 344 g/mol. The summed E-state index contributed by atoms with van der Waals surface area (Å²) >= 11 is 1.72. The summed E-state index contributed by atoms with van der Waals surface area (Å²) in [6.45, 7) is 6.42. The minimum Gasteiger partial charge on any atom is -0.488 e. The van der Waals surface area contributed by atoms with Crippen molar-refractivity contribution in [3.8, 4) is 16.3 Å². The Kier molecular flexibility index (Phi) is 3.98. The Morgan fingerprint density at radius 2 is 2.15 bits per heavy atom. The fourth-order valence-electron chi connectivity index (χ4n) is 3.84. The first-order chi connectivity index (χ1) is 12.7. The predicted octanol–water partition coefficient (Wildman–Crippen LogP) is 4.18. The Morgan fingerprint density at radius 1 is 1.27 bits per heavy atom. The van der Waals surface area contributed by atoms with Gasteiger partial charge in [0.15, 0.2) is 0 Å². The number of aromatic nitrogens is 3. The quantitative estimate of drug-likeness (QED) is 0.734. The minimum absolute atomic E-state index is 0.184. The van der Waals surface area contributed by atoms with Crippen molar-refractivity contribution in [3.05, 3.63) is 29.5 Å². The molecule has 2 fully saturated rings. The van der Waals surface area contributed by atoms with E-state index in [1.54, 1.807) is 11.3 Å². The van der Waals surface area contributed by atoms with Crippen LogP contribution in [0.15, 0.2) is 24.7 Å². The topological polar surface area (TPSA) is 52.0 Å². The molecule has 26 heavy (non-hydrogen) atoms. The highest BCUT2D eigenvalue weighted by molar-refractivity contribution is 7.14. The van der Waals surface area contributed by atoms with Gasteiger partial charge < -0.3 is 14.6 Å². The normalized spacial score (nSPS) is 21.4. The second-order valence-electron chi connectivity index (χ2n) is 7.58. The minimum atomic E-state index is 0.184. The number of benzene rings is 1. The van der Waals surface area contributed by atoms with E-state index in [0.29, 0.717) is 12.0 Å². The number of imidazole rings is 1. The van der Waals surface area contributed by atoms with Crippen LogP contribution in [0.3, 0.4) is 0 Å². The highest BCUT2D eigenvalue weighted by Crippen LogP contribution is 2.42. The third-order valence-corrected chi connectivity index (χ3v) is 6.48. The van der Waals surface area contributed by atoms with E-state index < -0.39 is 0 Å². The zero-order valence-electron chi connectivity index (χ0n) is 15.2. The summed E-state index contributed by atoms with van der Waals surface area (Å²) in [7, 11) is 0. The second-order valence-corrected chi connectivity index (χ2v) is 8.81. The second kappa shape index (κ2) is 6.35. The third kappa shape index (κ3) is 2.91. The van der Waals surface area contributed by atoms with Gasteiger partial charge in [-0.05, 0) is 51.8 Å². The van der Waals surface area contributed by atoms with E-state index in [9.17, 15) is 0 Å².